The van der Waals surface area contributed by atoms with Crippen molar-refractivity contribution in [3.05, 3.63) is 23.3 Å². The highest BCUT2D eigenvalue weighted by atomic mass is 16.7. The molecule has 0 radical (unpaired) electrons. The molecule has 1 atom stereocenters. The predicted molar refractivity (Wildman–Crippen MR) is 51.3 cm³/mol. The quantitative estimate of drug-likeness (QED) is 0.729. The molecule has 0 amide bonds. The Hall–Kier alpha value is -1.26. The lowest BCUT2D eigenvalue weighted by Crippen LogP contribution is -2.12. The van der Waals surface area contributed by atoms with Gasteiger partial charge >= 0.3 is 0 Å². The average Bonchev–Trinajstić information content (AvgIpc) is 2.67. The van der Waals surface area contributed by atoms with Crippen LogP contribution >= 0.6 is 0 Å². The number of hydrogen-bond acceptors (Lipinski definition) is 4. The van der Waals surface area contributed by atoms with Gasteiger partial charge in [-0.2, -0.15) is 0 Å². The number of rotatable bonds is 2. The van der Waals surface area contributed by atoms with Crippen LogP contribution in [0.3, 0.4) is 0 Å². The Morgan fingerprint density at radius 3 is 2.86 bits per heavy atom. The van der Waals surface area contributed by atoms with Crippen molar-refractivity contribution < 1.29 is 14.6 Å². The topological polar surface area (TPSA) is 64.7 Å². The van der Waals surface area contributed by atoms with Gasteiger partial charge in [0.25, 0.3) is 0 Å². The normalized spacial score (nSPS) is 15.6. The van der Waals surface area contributed by atoms with Crippen LogP contribution in [0.1, 0.15) is 17.2 Å². The van der Waals surface area contributed by atoms with Crippen LogP contribution in [-0.2, 0) is 0 Å². The summed E-state index contributed by atoms with van der Waals surface area (Å²) in [5, 5.41) is 9.62. The van der Waals surface area contributed by atoms with E-state index in [0.29, 0.717) is 11.3 Å². The second-order valence-electron chi connectivity index (χ2n) is 3.29. The van der Waals surface area contributed by atoms with Crippen LogP contribution in [0.25, 0.3) is 0 Å². The fourth-order valence-electron chi connectivity index (χ4n) is 1.54. The van der Waals surface area contributed by atoms with Crippen LogP contribution in [0.2, 0.25) is 0 Å². The second kappa shape index (κ2) is 3.48. The summed E-state index contributed by atoms with van der Waals surface area (Å²) in [5.74, 6) is 1.35. The minimum Gasteiger partial charge on any atom is -0.453 e. The van der Waals surface area contributed by atoms with E-state index in [-0.39, 0.29) is 13.3 Å². The summed E-state index contributed by atoms with van der Waals surface area (Å²) in [6, 6.07) is 3.71. The predicted octanol–water partition coefficient (Wildman–Crippen LogP) is 0.716. The van der Waals surface area contributed by atoms with Crippen molar-refractivity contribution in [3.63, 3.8) is 0 Å². The summed E-state index contributed by atoms with van der Waals surface area (Å²) < 4.78 is 10.6. The van der Waals surface area contributed by atoms with Crippen molar-refractivity contribution in [2.24, 2.45) is 5.73 Å². The highest BCUT2D eigenvalue weighted by molar-refractivity contribution is 5.53. The molecular weight excluding hydrogens is 182 g/mol. The highest BCUT2D eigenvalue weighted by Crippen LogP contribution is 2.40. The first-order valence-corrected chi connectivity index (χ1v) is 4.51. The summed E-state index contributed by atoms with van der Waals surface area (Å²) in [6.07, 6.45) is -0.689. The van der Waals surface area contributed by atoms with E-state index in [1.165, 1.54) is 0 Å². The molecule has 1 aromatic rings. The van der Waals surface area contributed by atoms with Crippen LogP contribution in [-0.4, -0.2) is 18.4 Å². The molecule has 14 heavy (non-hydrogen) atoms. The number of hydrogen-bond donors (Lipinski definition) is 2. The van der Waals surface area contributed by atoms with E-state index in [9.17, 15) is 5.11 Å². The first-order chi connectivity index (χ1) is 6.74. The van der Waals surface area contributed by atoms with E-state index in [1.807, 2.05) is 19.1 Å². The van der Waals surface area contributed by atoms with E-state index in [1.54, 1.807) is 0 Å². The molecule has 1 aromatic carbocycles. The SMILES string of the molecule is Cc1ccc(C(O)CN)c2c1OCO2. The van der Waals surface area contributed by atoms with Gasteiger partial charge in [0.15, 0.2) is 11.5 Å². The monoisotopic (exact) mass is 195 g/mol. The second-order valence-corrected chi connectivity index (χ2v) is 3.29. The Morgan fingerprint density at radius 2 is 2.14 bits per heavy atom. The summed E-state index contributed by atoms with van der Waals surface area (Å²) in [5.41, 5.74) is 7.09. The van der Waals surface area contributed by atoms with Crippen LogP contribution in [0.4, 0.5) is 0 Å². The summed E-state index contributed by atoms with van der Waals surface area (Å²) in [7, 11) is 0. The van der Waals surface area contributed by atoms with Crippen LogP contribution < -0.4 is 15.2 Å². The van der Waals surface area contributed by atoms with Gasteiger partial charge in [-0.05, 0) is 12.5 Å². The molecule has 76 valence electrons. The largest absolute Gasteiger partial charge is 0.453 e. The zero-order valence-electron chi connectivity index (χ0n) is 7.99. The lowest BCUT2D eigenvalue weighted by atomic mass is 10.0. The van der Waals surface area contributed by atoms with E-state index in [4.69, 9.17) is 15.2 Å². The molecule has 0 saturated carbocycles. The third kappa shape index (κ3) is 1.32. The van der Waals surface area contributed by atoms with Gasteiger partial charge in [-0.1, -0.05) is 12.1 Å². The number of benzene rings is 1. The molecule has 0 aliphatic carbocycles. The molecular formula is C10H13NO3. The molecule has 1 aliphatic heterocycles. The Kier molecular flexibility index (Phi) is 2.31. The average molecular weight is 195 g/mol. The number of nitrogens with two attached hydrogens (primary N) is 1. The van der Waals surface area contributed by atoms with Gasteiger partial charge in [-0.3, -0.25) is 0 Å². The number of fused-ring (bicyclic) bond motifs is 1. The van der Waals surface area contributed by atoms with Crippen molar-refractivity contribution in [1.29, 1.82) is 0 Å². The standard InChI is InChI=1S/C10H13NO3/c1-6-2-3-7(8(12)4-11)10-9(6)13-5-14-10/h2-3,8,12H,4-5,11H2,1H3. The van der Waals surface area contributed by atoms with E-state index < -0.39 is 6.10 Å². The van der Waals surface area contributed by atoms with Gasteiger partial charge in [-0.25, -0.2) is 0 Å². The van der Waals surface area contributed by atoms with Crippen molar-refractivity contribution >= 4 is 0 Å². The number of aliphatic hydroxyl groups is 1. The fourth-order valence-corrected chi connectivity index (χ4v) is 1.54. The van der Waals surface area contributed by atoms with Crippen molar-refractivity contribution in [1.82, 2.24) is 0 Å². The zero-order chi connectivity index (χ0) is 10.1. The minimum absolute atomic E-state index is 0.179. The molecule has 0 saturated heterocycles. The Labute approximate surface area is 82.2 Å². The molecule has 0 bridgehead atoms. The third-order valence-electron chi connectivity index (χ3n) is 2.33. The van der Waals surface area contributed by atoms with Crippen molar-refractivity contribution in [2.75, 3.05) is 13.3 Å². The maximum Gasteiger partial charge on any atom is 0.231 e. The molecule has 0 aromatic heterocycles. The Morgan fingerprint density at radius 1 is 1.43 bits per heavy atom. The van der Waals surface area contributed by atoms with Crippen molar-refractivity contribution in [3.8, 4) is 11.5 Å². The van der Waals surface area contributed by atoms with Gasteiger partial charge in [0.2, 0.25) is 6.79 Å². The summed E-state index contributed by atoms with van der Waals surface area (Å²) in [4.78, 5) is 0. The first kappa shape index (κ1) is 9.30. The molecule has 1 aliphatic rings. The van der Waals surface area contributed by atoms with Gasteiger partial charge in [0.05, 0.1) is 6.10 Å². The fraction of sp³-hybridized carbons (Fsp3) is 0.400. The van der Waals surface area contributed by atoms with Crippen molar-refractivity contribution in [2.45, 2.75) is 13.0 Å². The molecule has 1 heterocycles. The summed E-state index contributed by atoms with van der Waals surface area (Å²) in [6.45, 7) is 2.33. The molecule has 4 heteroatoms. The van der Waals surface area contributed by atoms with Gasteiger partial charge in [0, 0.05) is 12.1 Å². The molecule has 1 unspecified atom stereocenters. The third-order valence-corrected chi connectivity index (χ3v) is 2.33. The lowest BCUT2D eigenvalue weighted by molar-refractivity contribution is 0.160. The first-order valence-electron chi connectivity index (χ1n) is 4.51. The van der Waals surface area contributed by atoms with Gasteiger partial charge in [-0.15, -0.1) is 0 Å². The number of aliphatic hydroxyl groups excluding tert-OH is 1. The molecule has 0 fully saturated rings. The van der Waals surface area contributed by atoms with Crippen LogP contribution in [0, 0.1) is 6.92 Å². The lowest BCUT2D eigenvalue weighted by Gasteiger charge is -2.11. The zero-order valence-corrected chi connectivity index (χ0v) is 7.99. The van der Waals surface area contributed by atoms with E-state index in [2.05, 4.69) is 0 Å². The van der Waals surface area contributed by atoms with Crippen LogP contribution in [0.15, 0.2) is 12.1 Å². The van der Waals surface area contributed by atoms with Gasteiger partial charge in [0.1, 0.15) is 0 Å². The van der Waals surface area contributed by atoms with Gasteiger partial charge < -0.3 is 20.3 Å². The molecule has 3 N–H and O–H groups in total. The number of aryl methyl sites for hydroxylation is 1. The highest BCUT2D eigenvalue weighted by Gasteiger charge is 2.23. The Bertz CT molecular complexity index is 351. The summed E-state index contributed by atoms with van der Waals surface area (Å²) >= 11 is 0. The van der Waals surface area contributed by atoms with Crippen LogP contribution in [0.5, 0.6) is 11.5 Å². The molecule has 4 nitrogen and oxygen atoms in total. The Balaban J connectivity index is 2.48. The van der Waals surface area contributed by atoms with E-state index in [0.717, 1.165) is 11.3 Å². The molecule has 2 rings (SSSR count). The van der Waals surface area contributed by atoms with E-state index >= 15 is 0 Å². The molecule has 0 spiro atoms. The smallest absolute Gasteiger partial charge is 0.231 e. The maximum absolute atomic E-state index is 9.62. The minimum atomic E-state index is -0.689. The number of ether oxygens (including phenoxy) is 2. The maximum atomic E-state index is 9.62.